The quantitative estimate of drug-likeness (QED) is 0.643. The van der Waals surface area contributed by atoms with E-state index >= 15 is 0 Å². The molecule has 9 heteroatoms. The van der Waals surface area contributed by atoms with Gasteiger partial charge in [0.25, 0.3) is 11.6 Å². The van der Waals surface area contributed by atoms with Gasteiger partial charge in [-0.3, -0.25) is 14.9 Å². The van der Waals surface area contributed by atoms with Crippen LogP contribution < -0.4 is 5.32 Å². The molecule has 118 valence electrons. The first-order valence-electron chi connectivity index (χ1n) is 6.25. The minimum Gasteiger partial charge on any atom is -0.334 e. The van der Waals surface area contributed by atoms with Crippen molar-refractivity contribution in [1.82, 2.24) is 5.32 Å². The Morgan fingerprint density at radius 3 is 2.45 bits per heavy atom. The van der Waals surface area contributed by atoms with Crippen molar-refractivity contribution in [2.75, 3.05) is 6.26 Å². The van der Waals surface area contributed by atoms with Gasteiger partial charge in [-0.25, -0.2) is 8.42 Å². The standard InChI is InChI=1S/C13H15N3O5S/c1-4-13(2,8-14)15-12(17)9-5-10(16(18)19)7-11(6-9)22(3,20)21/h5-7H,4H2,1-3H3,(H,15,17). The second-order valence-electron chi connectivity index (χ2n) is 5.00. The molecule has 0 aromatic heterocycles. The number of nitriles is 1. The molecule has 0 aliphatic carbocycles. The maximum atomic E-state index is 12.2. The summed E-state index contributed by atoms with van der Waals surface area (Å²) in [5, 5.41) is 22.4. The number of carbonyl (C=O) groups excluding carboxylic acids is 1. The predicted molar refractivity (Wildman–Crippen MR) is 78.0 cm³/mol. The molecule has 0 saturated heterocycles. The van der Waals surface area contributed by atoms with Crippen LogP contribution in [0.25, 0.3) is 0 Å². The molecule has 1 N–H and O–H groups in total. The average Bonchev–Trinajstić information content (AvgIpc) is 2.45. The first kappa shape index (κ1) is 17.6. The molecular weight excluding hydrogens is 310 g/mol. The van der Waals surface area contributed by atoms with Gasteiger partial charge in [0.05, 0.1) is 15.9 Å². The van der Waals surface area contributed by atoms with E-state index in [-0.39, 0.29) is 10.5 Å². The number of hydrogen-bond acceptors (Lipinski definition) is 6. The molecule has 0 aliphatic heterocycles. The fourth-order valence-corrected chi connectivity index (χ4v) is 2.23. The number of nitrogens with one attached hydrogen (secondary N) is 1. The highest BCUT2D eigenvalue weighted by Gasteiger charge is 2.26. The molecule has 1 aromatic carbocycles. The van der Waals surface area contributed by atoms with Crippen LogP contribution in [-0.4, -0.2) is 31.0 Å². The lowest BCUT2D eigenvalue weighted by Gasteiger charge is -2.21. The summed E-state index contributed by atoms with van der Waals surface area (Å²) in [6.07, 6.45) is 1.21. The average molecular weight is 325 g/mol. The third-order valence-corrected chi connectivity index (χ3v) is 4.23. The van der Waals surface area contributed by atoms with E-state index in [0.29, 0.717) is 6.42 Å². The molecule has 8 nitrogen and oxygen atoms in total. The van der Waals surface area contributed by atoms with Gasteiger partial charge in [0.1, 0.15) is 5.54 Å². The number of sulfone groups is 1. The van der Waals surface area contributed by atoms with Gasteiger partial charge in [-0.2, -0.15) is 5.26 Å². The van der Waals surface area contributed by atoms with E-state index in [1.807, 2.05) is 6.07 Å². The summed E-state index contributed by atoms with van der Waals surface area (Å²) in [6, 6.07) is 4.83. The molecule has 0 heterocycles. The Morgan fingerprint density at radius 2 is 2.05 bits per heavy atom. The molecule has 1 rings (SSSR count). The van der Waals surface area contributed by atoms with Crippen molar-refractivity contribution in [3.05, 3.63) is 33.9 Å². The van der Waals surface area contributed by atoms with Crippen LogP contribution in [-0.2, 0) is 9.84 Å². The van der Waals surface area contributed by atoms with Gasteiger partial charge in [-0.1, -0.05) is 6.92 Å². The van der Waals surface area contributed by atoms with E-state index in [0.717, 1.165) is 24.5 Å². The lowest BCUT2D eigenvalue weighted by atomic mass is 10.0. The van der Waals surface area contributed by atoms with E-state index in [4.69, 9.17) is 5.26 Å². The van der Waals surface area contributed by atoms with Crippen molar-refractivity contribution in [1.29, 1.82) is 5.26 Å². The topological polar surface area (TPSA) is 130 Å². The normalized spacial score (nSPS) is 13.7. The van der Waals surface area contributed by atoms with Crippen LogP contribution >= 0.6 is 0 Å². The fraction of sp³-hybridized carbons (Fsp3) is 0.385. The molecule has 1 amide bonds. The number of nitro groups is 1. The monoisotopic (exact) mass is 325 g/mol. The molecule has 0 radical (unpaired) electrons. The summed E-state index contributed by atoms with van der Waals surface area (Å²) < 4.78 is 23.1. The molecule has 0 fully saturated rings. The van der Waals surface area contributed by atoms with Crippen LogP contribution in [0.1, 0.15) is 30.6 Å². The first-order chi connectivity index (χ1) is 10.0. The van der Waals surface area contributed by atoms with Gasteiger partial charge in [0.15, 0.2) is 9.84 Å². The number of non-ortho nitro benzene ring substituents is 1. The van der Waals surface area contributed by atoms with E-state index in [1.165, 1.54) is 6.92 Å². The molecule has 22 heavy (non-hydrogen) atoms. The molecule has 1 unspecified atom stereocenters. The highest BCUT2D eigenvalue weighted by atomic mass is 32.2. The van der Waals surface area contributed by atoms with E-state index in [2.05, 4.69) is 5.32 Å². The molecule has 0 bridgehead atoms. The summed E-state index contributed by atoms with van der Waals surface area (Å²) in [6.45, 7) is 3.19. The van der Waals surface area contributed by atoms with Crippen LogP contribution in [0.3, 0.4) is 0 Å². The van der Waals surface area contributed by atoms with Crippen molar-refractivity contribution < 1.29 is 18.1 Å². The zero-order valence-corrected chi connectivity index (χ0v) is 13.1. The largest absolute Gasteiger partial charge is 0.334 e. The first-order valence-corrected chi connectivity index (χ1v) is 8.15. The SMILES string of the molecule is CCC(C)(C#N)NC(=O)c1cc([N+](=O)[O-])cc(S(C)(=O)=O)c1. The van der Waals surface area contributed by atoms with E-state index in [1.54, 1.807) is 6.92 Å². The van der Waals surface area contributed by atoms with Crippen molar-refractivity contribution in [3.8, 4) is 6.07 Å². The molecule has 0 saturated carbocycles. The van der Waals surface area contributed by atoms with Crippen LogP contribution in [0.4, 0.5) is 5.69 Å². The Kier molecular flexibility index (Phi) is 4.88. The van der Waals surface area contributed by atoms with Gasteiger partial charge in [-0.05, 0) is 19.4 Å². The lowest BCUT2D eigenvalue weighted by Crippen LogP contribution is -2.44. The summed E-state index contributed by atoms with van der Waals surface area (Å²) >= 11 is 0. The summed E-state index contributed by atoms with van der Waals surface area (Å²) in [5.74, 6) is -0.750. The Morgan fingerprint density at radius 1 is 1.45 bits per heavy atom. The zero-order valence-electron chi connectivity index (χ0n) is 12.3. The van der Waals surface area contributed by atoms with Gasteiger partial charge >= 0.3 is 0 Å². The van der Waals surface area contributed by atoms with Gasteiger partial charge in [-0.15, -0.1) is 0 Å². The van der Waals surface area contributed by atoms with Crippen LogP contribution in [0, 0.1) is 21.4 Å². The Balaban J connectivity index is 3.36. The fourth-order valence-electron chi connectivity index (χ4n) is 1.55. The predicted octanol–water partition coefficient (Wildman–Crippen LogP) is 1.42. The number of rotatable bonds is 5. The van der Waals surface area contributed by atoms with Gasteiger partial charge in [0, 0.05) is 24.0 Å². The van der Waals surface area contributed by atoms with Crippen LogP contribution in [0.2, 0.25) is 0 Å². The van der Waals surface area contributed by atoms with Gasteiger partial charge in [0.2, 0.25) is 0 Å². The summed E-state index contributed by atoms with van der Waals surface area (Å²) in [5.41, 5.74) is -1.85. The van der Waals surface area contributed by atoms with Crippen LogP contribution in [0.15, 0.2) is 23.1 Å². The van der Waals surface area contributed by atoms with E-state index < -0.39 is 31.9 Å². The van der Waals surface area contributed by atoms with Crippen molar-refractivity contribution in [2.45, 2.75) is 30.7 Å². The molecule has 1 aromatic rings. The number of carbonyl (C=O) groups is 1. The maximum absolute atomic E-state index is 12.2. The second-order valence-corrected chi connectivity index (χ2v) is 7.01. The highest BCUT2D eigenvalue weighted by Crippen LogP contribution is 2.21. The number of nitrogens with zero attached hydrogens (tertiary/aromatic N) is 2. The maximum Gasteiger partial charge on any atom is 0.271 e. The molecule has 1 atom stereocenters. The van der Waals surface area contributed by atoms with Crippen LogP contribution in [0.5, 0.6) is 0 Å². The minimum absolute atomic E-state index is 0.190. The van der Waals surface area contributed by atoms with Crippen molar-refractivity contribution in [3.63, 3.8) is 0 Å². The molecule has 0 aliphatic rings. The van der Waals surface area contributed by atoms with E-state index in [9.17, 15) is 23.3 Å². The van der Waals surface area contributed by atoms with Crippen molar-refractivity contribution >= 4 is 21.4 Å². The number of nitro benzene ring substituents is 1. The number of amides is 1. The van der Waals surface area contributed by atoms with Crippen molar-refractivity contribution in [2.24, 2.45) is 0 Å². The zero-order chi connectivity index (χ0) is 17.1. The Labute approximate surface area is 127 Å². The molecule has 0 spiro atoms. The third kappa shape index (κ3) is 4.02. The number of hydrogen-bond donors (Lipinski definition) is 1. The summed E-state index contributed by atoms with van der Waals surface area (Å²) in [7, 11) is -3.72. The highest BCUT2D eigenvalue weighted by molar-refractivity contribution is 7.90. The summed E-state index contributed by atoms with van der Waals surface area (Å²) in [4.78, 5) is 21.9. The smallest absolute Gasteiger partial charge is 0.271 e. The lowest BCUT2D eigenvalue weighted by molar-refractivity contribution is -0.385. The third-order valence-electron chi connectivity index (χ3n) is 3.14. The van der Waals surface area contributed by atoms with Gasteiger partial charge < -0.3 is 5.32 Å². The second kappa shape index (κ2) is 6.11. The number of benzene rings is 1. The minimum atomic E-state index is -3.72. The Hall–Kier alpha value is -2.47. The molecular formula is C13H15N3O5S. The Bertz CT molecular complexity index is 766.